The lowest BCUT2D eigenvalue weighted by molar-refractivity contribution is 0.0936. The second kappa shape index (κ2) is 7.61. The molecule has 1 saturated heterocycles. The maximum absolute atomic E-state index is 14.3. The van der Waals surface area contributed by atoms with E-state index >= 15 is 0 Å². The molecule has 1 aromatic heterocycles. The number of benzene rings is 1. The van der Waals surface area contributed by atoms with Gasteiger partial charge in [-0.1, -0.05) is 18.2 Å². The summed E-state index contributed by atoms with van der Waals surface area (Å²) < 4.78 is 15.6. The summed E-state index contributed by atoms with van der Waals surface area (Å²) >= 11 is 0. The van der Waals surface area contributed by atoms with Crippen LogP contribution in [-0.2, 0) is 7.05 Å². The average Bonchev–Trinajstić information content (AvgIpc) is 3.13. The molecule has 1 atom stereocenters. The van der Waals surface area contributed by atoms with Crippen molar-refractivity contribution in [3.05, 3.63) is 69.9 Å². The van der Waals surface area contributed by atoms with E-state index in [4.69, 9.17) is 0 Å². The average molecular weight is 343 g/mol. The van der Waals surface area contributed by atoms with Gasteiger partial charge in [-0.15, -0.1) is 0 Å². The molecule has 0 radical (unpaired) electrons. The first-order chi connectivity index (χ1) is 12.1. The van der Waals surface area contributed by atoms with Gasteiger partial charge in [0.15, 0.2) is 0 Å². The molecule has 0 saturated carbocycles. The number of aryl methyl sites for hydroxylation is 1. The third-order valence-electron chi connectivity index (χ3n) is 4.65. The smallest absolute Gasteiger partial charge is 0.252 e. The number of nitrogens with zero attached hydrogens (tertiary/aromatic N) is 2. The molecule has 3 rings (SSSR count). The lowest BCUT2D eigenvalue weighted by Crippen LogP contribution is -2.37. The Balaban J connectivity index is 1.76. The molecule has 1 aliphatic heterocycles. The highest BCUT2D eigenvalue weighted by molar-refractivity contribution is 5.93. The molecular formula is C19H22FN3O2. The van der Waals surface area contributed by atoms with Gasteiger partial charge in [-0.2, -0.15) is 0 Å². The van der Waals surface area contributed by atoms with Crippen molar-refractivity contribution in [2.45, 2.75) is 18.9 Å². The molecule has 2 aromatic rings. The van der Waals surface area contributed by atoms with Gasteiger partial charge < -0.3 is 9.88 Å². The number of halogens is 1. The summed E-state index contributed by atoms with van der Waals surface area (Å²) in [5.41, 5.74) is 0.846. The van der Waals surface area contributed by atoms with Crippen LogP contribution in [0, 0.1) is 5.82 Å². The van der Waals surface area contributed by atoms with Crippen LogP contribution in [0.5, 0.6) is 0 Å². The van der Waals surface area contributed by atoms with Crippen LogP contribution in [0.3, 0.4) is 0 Å². The predicted molar refractivity (Wildman–Crippen MR) is 94.0 cm³/mol. The molecule has 132 valence electrons. The number of likely N-dealkylation sites (tertiary alicyclic amines) is 1. The van der Waals surface area contributed by atoms with Crippen molar-refractivity contribution in [1.82, 2.24) is 14.8 Å². The van der Waals surface area contributed by atoms with Gasteiger partial charge in [0.1, 0.15) is 5.82 Å². The van der Waals surface area contributed by atoms with Crippen LogP contribution < -0.4 is 10.9 Å². The predicted octanol–water partition coefficient (Wildman–Crippen LogP) is 2.09. The Bertz CT molecular complexity index is 812. The highest BCUT2D eigenvalue weighted by atomic mass is 19.1. The third kappa shape index (κ3) is 3.96. The lowest BCUT2D eigenvalue weighted by Gasteiger charge is -2.28. The van der Waals surface area contributed by atoms with Crippen molar-refractivity contribution in [1.29, 1.82) is 0 Å². The topological polar surface area (TPSA) is 54.3 Å². The highest BCUT2D eigenvalue weighted by Crippen LogP contribution is 2.26. The second-order valence-corrected chi connectivity index (χ2v) is 6.36. The van der Waals surface area contributed by atoms with Gasteiger partial charge in [0, 0.05) is 31.4 Å². The molecule has 6 heteroatoms. The molecule has 1 aromatic carbocycles. The number of pyridine rings is 1. The zero-order valence-corrected chi connectivity index (χ0v) is 14.2. The molecule has 25 heavy (non-hydrogen) atoms. The standard InChI is InChI=1S/C19H22FN3O2/c1-22-13-14(8-9-18(22)24)19(25)21-12-17(23-10-4-5-11-23)15-6-2-3-7-16(15)20/h2-3,6-9,13,17H,4-5,10-12H2,1H3,(H,21,25). The summed E-state index contributed by atoms with van der Waals surface area (Å²) in [6, 6.07) is 9.39. The van der Waals surface area contributed by atoms with Crippen molar-refractivity contribution in [3.8, 4) is 0 Å². The largest absolute Gasteiger partial charge is 0.350 e. The second-order valence-electron chi connectivity index (χ2n) is 6.36. The summed E-state index contributed by atoms with van der Waals surface area (Å²) in [5.74, 6) is -0.521. The summed E-state index contributed by atoms with van der Waals surface area (Å²) in [6.07, 6.45) is 3.67. The van der Waals surface area contributed by atoms with Gasteiger partial charge in [-0.3, -0.25) is 14.5 Å². The van der Waals surface area contributed by atoms with Crippen molar-refractivity contribution in [2.75, 3.05) is 19.6 Å². The Morgan fingerprint density at radius 3 is 2.60 bits per heavy atom. The molecule has 1 N–H and O–H groups in total. The molecule has 0 bridgehead atoms. The molecule has 1 fully saturated rings. The number of hydrogen-bond acceptors (Lipinski definition) is 3. The van der Waals surface area contributed by atoms with Crippen LogP contribution in [0.4, 0.5) is 4.39 Å². The van der Waals surface area contributed by atoms with E-state index in [1.54, 1.807) is 19.2 Å². The number of nitrogens with one attached hydrogen (secondary N) is 1. The summed E-state index contributed by atoms with van der Waals surface area (Å²) in [6.45, 7) is 2.12. The Labute approximate surface area is 146 Å². The van der Waals surface area contributed by atoms with Crippen LogP contribution in [0.2, 0.25) is 0 Å². The van der Waals surface area contributed by atoms with E-state index in [-0.39, 0.29) is 23.3 Å². The van der Waals surface area contributed by atoms with Crippen molar-refractivity contribution < 1.29 is 9.18 Å². The minimum atomic E-state index is -0.267. The van der Waals surface area contributed by atoms with Gasteiger partial charge >= 0.3 is 0 Å². The van der Waals surface area contributed by atoms with Crippen molar-refractivity contribution >= 4 is 5.91 Å². The fourth-order valence-corrected chi connectivity index (χ4v) is 3.25. The molecule has 1 aliphatic rings. The van der Waals surface area contributed by atoms with Gasteiger partial charge in [0.2, 0.25) is 5.56 Å². The van der Waals surface area contributed by atoms with Crippen LogP contribution in [0.1, 0.15) is 34.8 Å². The first kappa shape index (κ1) is 17.4. The van der Waals surface area contributed by atoms with E-state index < -0.39 is 0 Å². The number of aromatic nitrogens is 1. The van der Waals surface area contributed by atoms with Crippen LogP contribution in [0.15, 0.2) is 47.4 Å². The minimum absolute atomic E-state index is 0.169. The molecular weight excluding hydrogens is 321 g/mol. The van der Waals surface area contributed by atoms with E-state index in [9.17, 15) is 14.0 Å². The Morgan fingerprint density at radius 1 is 1.20 bits per heavy atom. The normalized spacial score (nSPS) is 15.9. The first-order valence-corrected chi connectivity index (χ1v) is 8.49. The maximum Gasteiger partial charge on any atom is 0.252 e. The van der Waals surface area contributed by atoms with Crippen LogP contribution >= 0.6 is 0 Å². The van der Waals surface area contributed by atoms with Gasteiger partial charge in [0.05, 0.1) is 11.6 Å². The van der Waals surface area contributed by atoms with E-state index in [0.717, 1.165) is 25.9 Å². The minimum Gasteiger partial charge on any atom is -0.350 e. The van der Waals surface area contributed by atoms with E-state index in [2.05, 4.69) is 10.2 Å². The first-order valence-electron chi connectivity index (χ1n) is 8.49. The molecule has 2 heterocycles. The molecule has 0 aliphatic carbocycles. The Morgan fingerprint density at radius 2 is 1.92 bits per heavy atom. The maximum atomic E-state index is 14.3. The lowest BCUT2D eigenvalue weighted by atomic mass is 10.0. The molecule has 1 amide bonds. The fourth-order valence-electron chi connectivity index (χ4n) is 3.25. The van der Waals surface area contributed by atoms with Gasteiger partial charge in [-0.05, 0) is 38.1 Å². The van der Waals surface area contributed by atoms with E-state index in [1.165, 1.54) is 29.0 Å². The zero-order valence-electron chi connectivity index (χ0n) is 14.2. The fraction of sp³-hybridized carbons (Fsp3) is 0.368. The molecule has 1 unspecified atom stereocenters. The SMILES string of the molecule is Cn1cc(C(=O)NCC(c2ccccc2F)N2CCCC2)ccc1=O. The molecule has 5 nitrogen and oxygen atoms in total. The monoisotopic (exact) mass is 343 g/mol. The zero-order chi connectivity index (χ0) is 17.8. The Kier molecular flexibility index (Phi) is 5.28. The van der Waals surface area contributed by atoms with Crippen LogP contribution in [-0.4, -0.2) is 35.0 Å². The number of amides is 1. The van der Waals surface area contributed by atoms with Crippen molar-refractivity contribution in [2.24, 2.45) is 7.05 Å². The summed E-state index contributed by atoms with van der Waals surface area (Å²) in [5, 5.41) is 2.89. The van der Waals surface area contributed by atoms with E-state index in [0.29, 0.717) is 17.7 Å². The van der Waals surface area contributed by atoms with Crippen molar-refractivity contribution in [3.63, 3.8) is 0 Å². The van der Waals surface area contributed by atoms with Crippen LogP contribution in [0.25, 0.3) is 0 Å². The van der Waals surface area contributed by atoms with Gasteiger partial charge in [0.25, 0.3) is 5.91 Å². The quantitative estimate of drug-likeness (QED) is 0.904. The number of hydrogen-bond donors (Lipinski definition) is 1. The number of rotatable bonds is 5. The number of carbonyl (C=O) groups excluding carboxylic acids is 1. The number of carbonyl (C=O) groups is 1. The summed E-state index contributed by atoms with van der Waals surface area (Å²) in [7, 11) is 1.60. The summed E-state index contributed by atoms with van der Waals surface area (Å²) in [4.78, 5) is 26.1. The molecule has 0 spiro atoms. The van der Waals surface area contributed by atoms with E-state index in [1.807, 2.05) is 6.07 Å². The van der Waals surface area contributed by atoms with Gasteiger partial charge in [-0.25, -0.2) is 4.39 Å². The highest BCUT2D eigenvalue weighted by Gasteiger charge is 2.26. The third-order valence-corrected chi connectivity index (χ3v) is 4.65. The Hall–Kier alpha value is -2.47.